The number of rotatable bonds is 8. The first-order chi connectivity index (χ1) is 14.7. The molecule has 162 valence electrons. The summed E-state index contributed by atoms with van der Waals surface area (Å²) in [5, 5.41) is 4.42. The molecule has 0 aliphatic heterocycles. The molecule has 3 aromatic heterocycles. The number of pyridine rings is 1. The fourth-order valence-electron chi connectivity index (χ4n) is 3.35. The Morgan fingerprint density at radius 2 is 1.94 bits per heavy atom. The number of aromatic amines is 1. The summed E-state index contributed by atoms with van der Waals surface area (Å²) in [4.78, 5) is 44.2. The quantitative estimate of drug-likeness (QED) is 0.315. The number of aryl methyl sites for hydroxylation is 3. The number of Topliss-reactive ketones (excluding diaryl/α,β-unsaturated/α-hetero) is 2. The molecular weight excluding hydrogens is 418 g/mol. The second-order valence-corrected chi connectivity index (χ2v) is 8.09. The van der Waals surface area contributed by atoms with Crippen LogP contribution in [0.4, 0.5) is 0 Å². The number of carbonyl (C=O) groups excluding carboxylic acids is 3. The van der Waals surface area contributed by atoms with E-state index in [0.717, 1.165) is 17.0 Å². The van der Waals surface area contributed by atoms with Crippen molar-refractivity contribution >= 4 is 29.3 Å². The first kappa shape index (κ1) is 22.5. The Hall–Kier alpha value is -3.20. The third-order valence-corrected chi connectivity index (χ3v) is 5.96. The number of H-pyrrole nitrogens is 1. The van der Waals surface area contributed by atoms with E-state index in [1.54, 1.807) is 32.2 Å². The van der Waals surface area contributed by atoms with Crippen molar-refractivity contribution in [2.45, 2.75) is 45.4 Å². The molecule has 0 amide bonds. The summed E-state index contributed by atoms with van der Waals surface area (Å²) >= 11 is 1.36. The Morgan fingerprint density at radius 1 is 1.19 bits per heavy atom. The average Bonchev–Trinajstić information content (AvgIpc) is 3.22. The Balaban J connectivity index is 1.69. The maximum atomic E-state index is 12.6. The minimum absolute atomic E-state index is 0.127. The van der Waals surface area contributed by atoms with Crippen LogP contribution in [0, 0.1) is 27.7 Å². The molecule has 1 N–H and O–H groups in total. The monoisotopic (exact) mass is 441 g/mol. The van der Waals surface area contributed by atoms with Crippen molar-refractivity contribution < 1.29 is 23.6 Å². The van der Waals surface area contributed by atoms with Gasteiger partial charge in [0.15, 0.2) is 12.4 Å². The first-order valence-electron chi connectivity index (χ1n) is 9.60. The second kappa shape index (κ2) is 9.30. The molecule has 0 bridgehead atoms. The van der Waals surface area contributed by atoms with Gasteiger partial charge in [-0.3, -0.25) is 9.59 Å². The predicted molar refractivity (Wildman–Crippen MR) is 115 cm³/mol. The smallest absolute Gasteiger partial charge is 0.341 e. The van der Waals surface area contributed by atoms with E-state index in [2.05, 4.69) is 15.1 Å². The van der Waals surface area contributed by atoms with Crippen molar-refractivity contribution in [3.63, 3.8) is 0 Å². The van der Waals surface area contributed by atoms with E-state index in [4.69, 9.17) is 9.26 Å². The highest BCUT2D eigenvalue weighted by atomic mass is 32.2. The second-order valence-electron chi connectivity index (χ2n) is 7.13. The topological polar surface area (TPSA) is 115 Å². The van der Waals surface area contributed by atoms with Crippen molar-refractivity contribution in [3.8, 4) is 0 Å². The van der Waals surface area contributed by atoms with Gasteiger partial charge in [0.05, 0.1) is 17.0 Å². The van der Waals surface area contributed by atoms with Crippen molar-refractivity contribution in [1.29, 1.82) is 0 Å². The molecule has 3 rings (SSSR count). The fourth-order valence-corrected chi connectivity index (χ4v) is 4.48. The molecule has 0 saturated heterocycles. The van der Waals surface area contributed by atoms with Gasteiger partial charge in [-0.15, -0.1) is 11.8 Å². The summed E-state index contributed by atoms with van der Waals surface area (Å²) in [6.07, 6.45) is 1.59. The molecule has 0 unspecified atom stereocenters. The van der Waals surface area contributed by atoms with Crippen molar-refractivity contribution in [2.75, 3.05) is 6.61 Å². The molecule has 0 saturated carbocycles. The fraction of sp³-hybridized carbons (Fsp3) is 0.318. The van der Waals surface area contributed by atoms with Crippen LogP contribution in [0.2, 0.25) is 0 Å². The molecule has 0 aliphatic carbocycles. The summed E-state index contributed by atoms with van der Waals surface area (Å²) < 4.78 is 10.4. The van der Waals surface area contributed by atoms with Crippen LogP contribution in [-0.4, -0.2) is 39.3 Å². The molecule has 3 heterocycles. The predicted octanol–water partition coefficient (Wildman–Crippen LogP) is 4.17. The zero-order valence-electron chi connectivity index (χ0n) is 18.0. The van der Waals surface area contributed by atoms with E-state index in [-0.39, 0.29) is 17.0 Å². The lowest BCUT2D eigenvalue weighted by Gasteiger charge is -2.08. The van der Waals surface area contributed by atoms with Crippen LogP contribution in [0.3, 0.4) is 0 Å². The summed E-state index contributed by atoms with van der Waals surface area (Å²) in [5.41, 5.74) is 3.94. The first-order valence-corrected chi connectivity index (χ1v) is 10.6. The summed E-state index contributed by atoms with van der Waals surface area (Å²) in [6, 6.07) is 3.24. The molecule has 0 fully saturated rings. The highest BCUT2D eigenvalue weighted by Crippen LogP contribution is 2.27. The highest BCUT2D eigenvalue weighted by Gasteiger charge is 2.22. The van der Waals surface area contributed by atoms with Crippen LogP contribution < -0.4 is 0 Å². The number of nitrogens with one attached hydrogen (secondary N) is 1. The molecule has 31 heavy (non-hydrogen) atoms. The van der Waals surface area contributed by atoms with Gasteiger partial charge >= 0.3 is 5.97 Å². The Kier molecular flexibility index (Phi) is 6.74. The van der Waals surface area contributed by atoms with Crippen LogP contribution in [0.25, 0.3) is 0 Å². The zero-order valence-corrected chi connectivity index (χ0v) is 18.8. The zero-order chi connectivity index (χ0) is 22.7. The molecule has 0 radical (unpaired) electrons. The standard InChI is InChI=1S/C22H23N3O5S/c1-11-19(14(4)26)13(3)24-20(11)18(27)9-29-22(28)16-7-6-8-23-21(16)31-10-17-12(2)25-30-15(17)5/h6-8,24H,9-10H2,1-5H3. The number of hydrogen-bond acceptors (Lipinski definition) is 8. The Labute approximate surface area is 183 Å². The molecule has 0 aliphatic rings. The third kappa shape index (κ3) is 4.77. The molecule has 8 nitrogen and oxygen atoms in total. The lowest BCUT2D eigenvalue weighted by atomic mass is 10.1. The van der Waals surface area contributed by atoms with Gasteiger partial charge in [-0.05, 0) is 52.3 Å². The van der Waals surface area contributed by atoms with E-state index >= 15 is 0 Å². The Bertz CT molecular complexity index is 1140. The van der Waals surface area contributed by atoms with Gasteiger partial charge in [0.2, 0.25) is 5.78 Å². The number of ketones is 2. The largest absolute Gasteiger partial charge is 0.454 e. The van der Waals surface area contributed by atoms with Crippen LogP contribution in [0.1, 0.15) is 66.4 Å². The molecule has 0 spiro atoms. The average molecular weight is 442 g/mol. The van der Waals surface area contributed by atoms with Crippen LogP contribution >= 0.6 is 11.8 Å². The SMILES string of the molecule is CC(=O)c1c(C)[nH]c(C(=O)COC(=O)c2cccnc2SCc2c(C)noc2C)c1C. The van der Waals surface area contributed by atoms with Crippen LogP contribution in [-0.2, 0) is 10.5 Å². The summed E-state index contributed by atoms with van der Waals surface area (Å²) in [7, 11) is 0. The van der Waals surface area contributed by atoms with E-state index in [1.807, 2.05) is 13.8 Å². The third-order valence-electron chi connectivity index (χ3n) is 4.93. The van der Waals surface area contributed by atoms with Gasteiger partial charge in [0.25, 0.3) is 0 Å². The van der Waals surface area contributed by atoms with Gasteiger partial charge in [0, 0.05) is 28.8 Å². The van der Waals surface area contributed by atoms with Gasteiger partial charge in [0.1, 0.15) is 10.8 Å². The highest BCUT2D eigenvalue weighted by molar-refractivity contribution is 7.98. The molecule has 0 aromatic carbocycles. The molecule has 9 heteroatoms. The molecule has 0 atom stereocenters. The number of ether oxygens (including phenoxy) is 1. The van der Waals surface area contributed by atoms with Gasteiger partial charge in [-0.1, -0.05) is 5.16 Å². The number of nitrogens with zero attached hydrogens (tertiary/aromatic N) is 2. The maximum Gasteiger partial charge on any atom is 0.341 e. The van der Waals surface area contributed by atoms with E-state index in [1.165, 1.54) is 18.7 Å². The summed E-state index contributed by atoms with van der Waals surface area (Å²) in [6.45, 7) is 8.11. The van der Waals surface area contributed by atoms with Crippen molar-refractivity contribution in [3.05, 3.63) is 63.4 Å². The van der Waals surface area contributed by atoms with E-state index in [9.17, 15) is 14.4 Å². The van der Waals surface area contributed by atoms with Crippen molar-refractivity contribution in [2.24, 2.45) is 0 Å². The number of carbonyl (C=O) groups is 3. The van der Waals surface area contributed by atoms with Gasteiger partial charge in [-0.25, -0.2) is 9.78 Å². The van der Waals surface area contributed by atoms with E-state index in [0.29, 0.717) is 27.6 Å². The van der Waals surface area contributed by atoms with Crippen LogP contribution in [0.5, 0.6) is 0 Å². The number of thioether (sulfide) groups is 1. The van der Waals surface area contributed by atoms with Gasteiger partial charge < -0.3 is 14.2 Å². The van der Waals surface area contributed by atoms with Crippen molar-refractivity contribution in [1.82, 2.24) is 15.1 Å². The number of hydrogen-bond donors (Lipinski definition) is 1. The molecular formula is C22H23N3O5S. The van der Waals surface area contributed by atoms with Gasteiger partial charge in [-0.2, -0.15) is 0 Å². The maximum absolute atomic E-state index is 12.6. The summed E-state index contributed by atoms with van der Waals surface area (Å²) in [5.74, 6) is 0.0760. The lowest BCUT2D eigenvalue weighted by molar-refractivity contribution is 0.0469. The Morgan fingerprint density at radius 3 is 2.55 bits per heavy atom. The number of aromatic nitrogens is 3. The lowest BCUT2D eigenvalue weighted by Crippen LogP contribution is -2.16. The number of esters is 1. The van der Waals surface area contributed by atoms with Crippen LogP contribution in [0.15, 0.2) is 27.9 Å². The minimum atomic E-state index is -0.643. The molecule has 3 aromatic rings. The normalized spacial score (nSPS) is 10.9. The minimum Gasteiger partial charge on any atom is -0.454 e. The van der Waals surface area contributed by atoms with E-state index < -0.39 is 18.4 Å².